The summed E-state index contributed by atoms with van der Waals surface area (Å²) in [6.07, 6.45) is -1.34. The Hall–Kier alpha value is -0.257. The van der Waals surface area contributed by atoms with Gasteiger partial charge in [-0.05, 0) is 13.8 Å². The first-order valence-electron chi connectivity index (χ1n) is 2.44. The van der Waals surface area contributed by atoms with E-state index in [0.29, 0.717) is 0 Å². The Morgan fingerprint density at radius 3 is 1.42 bits per heavy atom. The van der Waals surface area contributed by atoms with Gasteiger partial charge < -0.3 is 31.1 Å². The zero-order valence-electron chi connectivity index (χ0n) is 7.16. The van der Waals surface area contributed by atoms with Crippen LogP contribution in [0.2, 0.25) is 0 Å². The molecule has 0 heterocycles. The first-order chi connectivity index (χ1) is 4.37. The normalized spacial score (nSPS) is 8.92. The molecule has 0 spiro atoms. The summed E-state index contributed by atoms with van der Waals surface area (Å²) in [5, 5.41) is 26.2. The maximum absolute atomic E-state index is 9.34. The van der Waals surface area contributed by atoms with Gasteiger partial charge in [-0.2, -0.15) is 0 Å². The first-order valence-corrected chi connectivity index (χ1v) is 2.44. The fraction of sp³-hybridized carbons (Fsp3) is 0.600. The zero-order chi connectivity index (χ0) is 8.73. The van der Waals surface area contributed by atoms with Gasteiger partial charge in [-0.15, -0.1) is 0 Å². The third kappa shape index (κ3) is 53.2. The Kier molecular flexibility index (Phi) is 25.1. The summed E-state index contributed by atoms with van der Waals surface area (Å²) < 4.78 is 0. The number of carboxylic acids is 2. The maximum Gasteiger partial charge on any atom is 0.0905 e. The van der Waals surface area contributed by atoms with E-state index in [-0.39, 0.29) is 32.4 Å². The molecule has 0 fully saturated rings. The molecule has 0 aromatic carbocycles. The van der Waals surface area contributed by atoms with Crippen molar-refractivity contribution in [3.8, 4) is 0 Å². The molecule has 0 radical (unpaired) electrons. The SMILES string of the molecule is CC(=O)[O-].CC(O)C(=O)[O-].[NH4+].[Zr]. The molecule has 0 aromatic rings. The molecule has 0 aromatic heterocycles. The van der Waals surface area contributed by atoms with Crippen LogP contribution in [0.4, 0.5) is 0 Å². The van der Waals surface area contributed by atoms with E-state index in [1.54, 1.807) is 0 Å². The number of quaternary nitrogens is 1. The van der Waals surface area contributed by atoms with E-state index in [2.05, 4.69) is 0 Å². The van der Waals surface area contributed by atoms with Crippen LogP contribution in [0.5, 0.6) is 0 Å². The Labute approximate surface area is 89.3 Å². The second-order valence-corrected chi connectivity index (χ2v) is 1.49. The van der Waals surface area contributed by atoms with Crippen LogP contribution >= 0.6 is 0 Å². The first kappa shape index (κ1) is 22.6. The van der Waals surface area contributed by atoms with Crippen molar-refractivity contribution in [1.82, 2.24) is 6.15 Å². The Morgan fingerprint density at radius 1 is 1.33 bits per heavy atom. The molecule has 5 N–H and O–H groups in total. The summed E-state index contributed by atoms with van der Waals surface area (Å²) >= 11 is 0. The molecule has 0 amide bonds. The fourth-order valence-electron chi connectivity index (χ4n) is 0. The Morgan fingerprint density at radius 2 is 1.42 bits per heavy atom. The maximum atomic E-state index is 9.34. The minimum Gasteiger partial charge on any atom is -0.550 e. The van der Waals surface area contributed by atoms with Crippen molar-refractivity contribution in [2.75, 3.05) is 0 Å². The molecular weight excluding hydrogens is 245 g/mol. The van der Waals surface area contributed by atoms with Crippen molar-refractivity contribution >= 4 is 11.9 Å². The van der Waals surface area contributed by atoms with Crippen molar-refractivity contribution in [3.05, 3.63) is 0 Å². The third-order valence-electron chi connectivity index (χ3n) is 0.341. The second-order valence-electron chi connectivity index (χ2n) is 1.49. The van der Waals surface area contributed by atoms with Crippen LogP contribution in [-0.2, 0) is 35.8 Å². The van der Waals surface area contributed by atoms with Crippen molar-refractivity contribution in [2.24, 2.45) is 0 Å². The van der Waals surface area contributed by atoms with Gasteiger partial charge in [-0.3, -0.25) is 0 Å². The number of hydrogen-bond donors (Lipinski definition) is 2. The standard InChI is InChI=1S/C3H6O3.C2H4O2.H3N.Zr/c1-2(4)3(5)6;1-2(3)4;;/h2,4H,1H3,(H,5,6);1H3,(H,3,4);1H3;/p-1. The molecule has 72 valence electrons. The van der Waals surface area contributed by atoms with Gasteiger partial charge in [0.1, 0.15) is 0 Å². The molecule has 1 atom stereocenters. The largest absolute Gasteiger partial charge is 0.550 e. The molecule has 6 nitrogen and oxygen atoms in total. The fourth-order valence-corrected chi connectivity index (χ4v) is 0. The van der Waals surface area contributed by atoms with Gasteiger partial charge in [0.15, 0.2) is 0 Å². The van der Waals surface area contributed by atoms with E-state index in [0.717, 1.165) is 13.8 Å². The van der Waals surface area contributed by atoms with Crippen molar-refractivity contribution in [3.63, 3.8) is 0 Å². The van der Waals surface area contributed by atoms with Crippen molar-refractivity contribution in [2.45, 2.75) is 20.0 Å². The smallest absolute Gasteiger partial charge is 0.0905 e. The monoisotopic (exact) mass is 256 g/mol. The van der Waals surface area contributed by atoms with Crippen LogP contribution in [-0.4, -0.2) is 23.1 Å². The molecule has 7 heteroatoms. The number of rotatable bonds is 1. The molecule has 0 rings (SSSR count). The van der Waals surface area contributed by atoms with Gasteiger partial charge in [-0.1, -0.05) is 0 Å². The van der Waals surface area contributed by atoms with Crippen LogP contribution in [0.3, 0.4) is 0 Å². The molecule has 1 unspecified atom stereocenters. The molecular formula is C5H12NO5Zr-. The Balaban J connectivity index is -0.0000000483. The summed E-state index contributed by atoms with van der Waals surface area (Å²) in [7, 11) is 0. The number of carbonyl (C=O) groups excluding carboxylic acids is 2. The summed E-state index contributed by atoms with van der Waals surface area (Å²) in [4.78, 5) is 18.2. The number of hydrogen-bond acceptors (Lipinski definition) is 5. The number of carbonyl (C=O) groups is 2. The van der Waals surface area contributed by atoms with E-state index >= 15 is 0 Å². The van der Waals surface area contributed by atoms with Gasteiger partial charge in [0, 0.05) is 32.2 Å². The van der Waals surface area contributed by atoms with Gasteiger partial charge in [0.2, 0.25) is 0 Å². The summed E-state index contributed by atoms with van der Waals surface area (Å²) in [5.41, 5.74) is 0. The summed E-state index contributed by atoms with van der Waals surface area (Å²) in [5.74, 6) is -2.52. The molecule has 0 saturated carbocycles. The van der Waals surface area contributed by atoms with Crippen LogP contribution in [0.25, 0.3) is 0 Å². The quantitative estimate of drug-likeness (QED) is 0.524. The number of aliphatic hydroxyl groups excluding tert-OH is 1. The van der Waals surface area contributed by atoms with E-state index in [9.17, 15) is 9.90 Å². The van der Waals surface area contributed by atoms with E-state index in [1.165, 1.54) is 0 Å². The zero-order valence-corrected chi connectivity index (χ0v) is 9.62. The number of aliphatic carboxylic acids is 2. The molecule has 12 heavy (non-hydrogen) atoms. The molecule has 0 bridgehead atoms. The molecule has 0 aliphatic heterocycles. The molecule has 0 aliphatic rings. The summed E-state index contributed by atoms with van der Waals surface area (Å²) in [6.45, 7) is 2.11. The second kappa shape index (κ2) is 13.3. The molecule has 0 saturated heterocycles. The predicted octanol–water partition coefficient (Wildman–Crippen LogP) is -2.75. The van der Waals surface area contributed by atoms with Gasteiger partial charge in [-0.25, -0.2) is 0 Å². The molecule has 0 aliphatic carbocycles. The minimum atomic E-state index is -1.44. The minimum absolute atomic E-state index is 0. The van der Waals surface area contributed by atoms with Crippen molar-refractivity contribution < 1.29 is 51.1 Å². The van der Waals surface area contributed by atoms with E-state index in [4.69, 9.17) is 15.0 Å². The van der Waals surface area contributed by atoms with Crippen LogP contribution in [0, 0.1) is 0 Å². The average Bonchev–Trinajstić information content (AvgIpc) is 1.63. The van der Waals surface area contributed by atoms with Gasteiger partial charge in [0.25, 0.3) is 0 Å². The van der Waals surface area contributed by atoms with Crippen LogP contribution in [0.15, 0.2) is 0 Å². The van der Waals surface area contributed by atoms with Crippen LogP contribution in [0.1, 0.15) is 13.8 Å². The van der Waals surface area contributed by atoms with E-state index < -0.39 is 18.0 Å². The predicted molar refractivity (Wildman–Crippen MR) is 33.4 cm³/mol. The van der Waals surface area contributed by atoms with E-state index in [1.807, 2.05) is 0 Å². The topological polar surface area (TPSA) is 137 Å². The van der Waals surface area contributed by atoms with Crippen molar-refractivity contribution in [1.29, 1.82) is 0 Å². The number of carboxylic acid groups (broad SMARTS) is 2. The van der Waals surface area contributed by atoms with Crippen LogP contribution < -0.4 is 16.4 Å². The third-order valence-corrected chi connectivity index (χ3v) is 0.341. The Bertz CT molecular complexity index is 123. The average molecular weight is 257 g/mol. The number of aliphatic hydroxyl groups is 1. The van der Waals surface area contributed by atoms with Gasteiger partial charge >= 0.3 is 0 Å². The van der Waals surface area contributed by atoms with Gasteiger partial charge in [0.05, 0.1) is 12.1 Å². The summed E-state index contributed by atoms with van der Waals surface area (Å²) in [6, 6.07) is 0.